The van der Waals surface area contributed by atoms with Crippen LogP contribution in [0.15, 0.2) is 24.3 Å². The van der Waals surface area contributed by atoms with Crippen LogP contribution in [0, 0.1) is 20.0 Å². The van der Waals surface area contributed by atoms with E-state index in [0.717, 1.165) is 0 Å². The van der Waals surface area contributed by atoms with Gasteiger partial charge in [0.25, 0.3) is 0 Å². The number of para-hydroxylation sites is 1. The maximum absolute atomic E-state index is 12.2. The maximum atomic E-state index is 12.2. The Labute approximate surface area is 170 Å². The summed E-state index contributed by atoms with van der Waals surface area (Å²) in [6.45, 7) is 21.1. The third kappa shape index (κ3) is 11.9. The van der Waals surface area contributed by atoms with Gasteiger partial charge < -0.3 is 14.4 Å². The molecule has 0 aromatic heterocycles. The van der Waals surface area contributed by atoms with Crippen LogP contribution in [0.1, 0.15) is 38.1 Å². The van der Waals surface area contributed by atoms with Crippen molar-refractivity contribution in [2.24, 2.45) is 0 Å². The van der Waals surface area contributed by atoms with Crippen LogP contribution in [0.25, 0.3) is 0 Å². The van der Waals surface area contributed by atoms with Crippen LogP contribution in [0.3, 0.4) is 0 Å². The molecule has 9 heteroatoms. The van der Waals surface area contributed by atoms with Crippen LogP contribution in [-0.4, -0.2) is 36.2 Å². The normalized spacial score (nSPS) is 8.04. The Hall–Kier alpha value is -2.29. The molecule has 1 rings (SSSR count). The largest absolute Gasteiger partial charge is 0 e. The van der Waals surface area contributed by atoms with Gasteiger partial charge in [-0.25, -0.2) is 9.59 Å². The molecule has 0 saturated heterocycles. The van der Waals surface area contributed by atoms with Crippen LogP contribution >= 0.6 is 0 Å². The van der Waals surface area contributed by atoms with Gasteiger partial charge in [0.05, 0.1) is 7.11 Å². The fourth-order valence-electron chi connectivity index (χ4n) is 2.00. The first kappa shape index (κ1) is 32.4. The molecule has 0 spiro atoms. The average molecular weight is 415 g/mol. The first-order chi connectivity index (χ1) is 12.4. The first-order valence-corrected chi connectivity index (χ1v) is 7.17. The summed E-state index contributed by atoms with van der Waals surface area (Å²) in [7, 11) is 1.29. The van der Waals surface area contributed by atoms with Crippen LogP contribution < -0.4 is 4.74 Å². The molecule has 0 N–H and O–H groups in total. The molecule has 0 unspecified atom stereocenters. The Kier molecular flexibility index (Phi) is 24.0. The molecule has 0 atom stereocenters. The van der Waals surface area contributed by atoms with Gasteiger partial charge in [-0.05, 0) is 39.8 Å². The van der Waals surface area contributed by atoms with Crippen molar-refractivity contribution in [3.63, 3.8) is 0 Å². The van der Waals surface area contributed by atoms with Gasteiger partial charge >= 0.3 is 46.0 Å². The van der Waals surface area contributed by atoms with Gasteiger partial charge in [0.15, 0.2) is 0 Å². The molecule has 0 fully saturated rings. The molecule has 0 radical (unpaired) electrons. The number of hydrogen-bond donors (Lipinski definition) is 0. The molecule has 1 aromatic rings. The van der Waals surface area contributed by atoms with E-state index in [2.05, 4.69) is 24.7 Å². The predicted octanol–water partition coefficient (Wildman–Crippen LogP) is 2.98. The van der Waals surface area contributed by atoms with Gasteiger partial charge in [-0.15, -0.1) is 0 Å². The number of ether oxygens (including phenoxy) is 2. The third-order valence-electron chi connectivity index (χ3n) is 2.81. The number of hydrogen-bond acceptors (Lipinski definition) is 4. The van der Waals surface area contributed by atoms with Crippen LogP contribution in [0.5, 0.6) is 5.75 Å². The molecule has 0 saturated carbocycles. The Bertz CT molecular complexity index is 587. The summed E-state index contributed by atoms with van der Waals surface area (Å²) in [6, 6.07) is 6.53. The molecule has 1 aromatic carbocycles. The molecule has 0 aliphatic heterocycles. The SMILES string of the molecule is COC(=O)c1ccccc1OC(=O)N(C(C)C)C(C)C.[C-]#[O+].[C-]#[O+].[C-]#[O+].[Cr]. The smallest absolute Gasteiger partial charge is 0 e. The van der Waals surface area contributed by atoms with E-state index < -0.39 is 12.1 Å². The van der Waals surface area contributed by atoms with Crippen LogP contribution in [0.2, 0.25) is 0 Å². The summed E-state index contributed by atoms with van der Waals surface area (Å²) >= 11 is 0. The van der Waals surface area contributed by atoms with Crippen molar-refractivity contribution in [3.05, 3.63) is 49.8 Å². The number of rotatable bonds is 4. The van der Waals surface area contributed by atoms with Gasteiger partial charge in [0, 0.05) is 29.4 Å². The minimum atomic E-state index is -0.533. The Morgan fingerprint density at radius 1 is 0.926 bits per heavy atom. The number of methoxy groups -OCH3 is 1. The summed E-state index contributed by atoms with van der Waals surface area (Å²) in [4.78, 5) is 25.4. The Morgan fingerprint density at radius 3 is 1.70 bits per heavy atom. The number of nitrogens with zero attached hydrogens (tertiary/aromatic N) is 1. The van der Waals surface area contributed by atoms with Crippen molar-refractivity contribution in [3.8, 4) is 5.75 Å². The number of esters is 1. The number of benzene rings is 1. The zero-order chi connectivity index (χ0) is 21.3. The van der Waals surface area contributed by atoms with E-state index in [4.69, 9.17) is 18.7 Å². The summed E-state index contributed by atoms with van der Waals surface area (Å²) < 4.78 is 32.5. The first-order valence-electron chi connectivity index (χ1n) is 7.17. The molecule has 0 aliphatic rings. The summed E-state index contributed by atoms with van der Waals surface area (Å²) in [6.07, 6.45) is -0.480. The molecular formula is C18H21CrNO7. The molecule has 8 nitrogen and oxygen atoms in total. The van der Waals surface area contributed by atoms with E-state index in [9.17, 15) is 9.59 Å². The minimum absolute atomic E-state index is 0. The molecule has 0 bridgehead atoms. The molecule has 27 heavy (non-hydrogen) atoms. The summed E-state index contributed by atoms with van der Waals surface area (Å²) in [5.74, 6) is -0.329. The molecular weight excluding hydrogens is 394 g/mol. The number of carbonyl (C=O) groups is 2. The van der Waals surface area contributed by atoms with E-state index >= 15 is 0 Å². The maximum Gasteiger partial charge on any atom is 0 e. The minimum Gasteiger partial charge on any atom is 0 e. The van der Waals surface area contributed by atoms with Crippen LogP contribution in [-0.2, 0) is 36.1 Å². The van der Waals surface area contributed by atoms with Crippen molar-refractivity contribution in [1.29, 1.82) is 0 Å². The number of amides is 1. The van der Waals surface area contributed by atoms with E-state index in [1.807, 2.05) is 27.7 Å². The van der Waals surface area contributed by atoms with E-state index in [1.54, 1.807) is 29.2 Å². The van der Waals surface area contributed by atoms with Gasteiger partial charge in [-0.1, -0.05) is 12.1 Å². The van der Waals surface area contributed by atoms with E-state index in [-0.39, 0.29) is 40.8 Å². The third-order valence-corrected chi connectivity index (χ3v) is 2.81. The second kappa shape index (κ2) is 20.0. The van der Waals surface area contributed by atoms with Gasteiger partial charge in [0.2, 0.25) is 0 Å². The molecule has 1 amide bonds. The van der Waals surface area contributed by atoms with Gasteiger partial charge in [0.1, 0.15) is 11.3 Å². The standard InChI is InChI=1S/C15H21NO4.3CO.Cr/c1-10(2)16(11(3)4)15(18)20-13-9-7-6-8-12(13)14(17)19-5;3*1-2;/h6-11H,1-5H3;;;;. The van der Waals surface area contributed by atoms with Crippen molar-refractivity contribution in [2.45, 2.75) is 39.8 Å². The predicted molar refractivity (Wildman–Crippen MR) is 87.7 cm³/mol. The van der Waals surface area contributed by atoms with Gasteiger partial charge in [-0.3, -0.25) is 0 Å². The fraction of sp³-hybridized carbons (Fsp3) is 0.389. The molecule has 0 heterocycles. The zero-order valence-electron chi connectivity index (χ0n) is 15.7. The second-order valence-corrected chi connectivity index (χ2v) is 4.95. The summed E-state index contributed by atoms with van der Waals surface area (Å²) in [5, 5.41) is 0. The van der Waals surface area contributed by atoms with Crippen molar-refractivity contribution < 1.29 is 50.4 Å². The second-order valence-electron chi connectivity index (χ2n) is 4.95. The average Bonchev–Trinajstić information content (AvgIpc) is 2.65. The quantitative estimate of drug-likeness (QED) is 0.427. The van der Waals surface area contributed by atoms with Gasteiger partial charge in [-0.2, -0.15) is 0 Å². The Morgan fingerprint density at radius 2 is 1.33 bits per heavy atom. The van der Waals surface area contributed by atoms with E-state index in [1.165, 1.54) is 7.11 Å². The van der Waals surface area contributed by atoms with Crippen LogP contribution in [0.4, 0.5) is 4.79 Å². The Balaban J connectivity index is -0.000000342. The molecule has 146 valence electrons. The topological polar surface area (TPSA) is 116 Å². The fourth-order valence-corrected chi connectivity index (χ4v) is 2.00. The number of carbonyl (C=O) groups excluding carboxylic acids is 2. The zero-order valence-corrected chi connectivity index (χ0v) is 17.0. The monoisotopic (exact) mass is 415 g/mol. The molecule has 0 aliphatic carbocycles. The van der Waals surface area contributed by atoms with Crippen molar-refractivity contribution in [2.75, 3.05) is 7.11 Å². The van der Waals surface area contributed by atoms with E-state index in [0.29, 0.717) is 0 Å². The van der Waals surface area contributed by atoms with Crippen molar-refractivity contribution in [1.82, 2.24) is 4.90 Å². The van der Waals surface area contributed by atoms with Crippen molar-refractivity contribution >= 4 is 12.1 Å². The summed E-state index contributed by atoms with van der Waals surface area (Å²) in [5.41, 5.74) is 0.232.